The van der Waals surface area contributed by atoms with Crippen LogP contribution in [-0.2, 0) is 20.7 Å². The number of carbonyl (C=O) groups excluding carboxylic acids is 1. The summed E-state index contributed by atoms with van der Waals surface area (Å²) in [5.74, 6) is -0.703. The van der Waals surface area contributed by atoms with Crippen molar-refractivity contribution in [1.29, 1.82) is 0 Å². The van der Waals surface area contributed by atoms with Gasteiger partial charge >= 0.3 is 5.97 Å². The van der Waals surface area contributed by atoms with Crippen molar-refractivity contribution in [2.75, 3.05) is 13.7 Å². The Morgan fingerprint density at radius 3 is 3.00 bits per heavy atom. The molecule has 0 spiro atoms. The summed E-state index contributed by atoms with van der Waals surface area (Å²) in [5.41, 5.74) is 1.57. The van der Waals surface area contributed by atoms with E-state index >= 15 is 0 Å². The summed E-state index contributed by atoms with van der Waals surface area (Å²) in [4.78, 5) is 11.3. The summed E-state index contributed by atoms with van der Waals surface area (Å²) >= 11 is 0. The van der Waals surface area contributed by atoms with Crippen LogP contribution in [0.25, 0.3) is 0 Å². The summed E-state index contributed by atoms with van der Waals surface area (Å²) in [6, 6.07) is 4.52. The molecule has 1 aromatic rings. The van der Waals surface area contributed by atoms with Crippen LogP contribution in [0.1, 0.15) is 36.5 Å². The summed E-state index contributed by atoms with van der Waals surface area (Å²) in [6.45, 7) is 0.722. The van der Waals surface area contributed by atoms with E-state index in [4.69, 9.17) is 4.74 Å². The minimum Gasteiger partial charge on any atom is -0.469 e. The molecule has 0 amide bonds. The second kappa shape index (κ2) is 5.96. The monoisotopic (exact) mass is 252 g/mol. The van der Waals surface area contributed by atoms with Crippen molar-refractivity contribution in [3.8, 4) is 0 Å². The molecule has 1 aliphatic rings. The molecule has 1 unspecified atom stereocenters. The van der Waals surface area contributed by atoms with Gasteiger partial charge in [-0.05, 0) is 42.5 Å². The molecular formula is C14H17FO3. The molecule has 1 atom stereocenters. The first-order valence-electron chi connectivity index (χ1n) is 6.17. The van der Waals surface area contributed by atoms with E-state index in [1.54, 1.807) is 6.07 Å². The lowest BCUT2D eigenvalue weighted by molar-refractivity contribution is -0.139. The van der Waals surface area contributed by atoms with Gasteiger partial charge in [0, 0.05) is 6.61 Å². The number of hydrogen-bond donors (Lipinski definition) is 0. The van der Waals surface area contributed by atoms with E-state index in [-0.39, 0.29) is 24.3 Å². The lowest BCUT2D eigenvalue weighted by Crippen LogP contribution is -2.15. The molecule has 1 fully saturated rings. The molecule has 2 rings (SSSR count). The number of carbonyl (C=O) groups is 1. The van der Waals surface area contributed by atoms with Gasteiger partial charge in [-0.15, -0.1) is 0 Å². The number of methoxy groups -OCH3 is 1. The van der Waals surface area contributed by atoms with Crippen LogP contribution in [0.4, 0.5) is 4.39 Å². The molecule has 0 radical (unpaired) electrons. The van der Waals surface area contributed by atoms with Crippen LogP contribution in [0.3, 0.4) is 0 Å². The lowest BCUT2D eigenvalue weighted by Gasteiger charge is -2.24. The third kappa shape index (κ3) is 3.07. The molecule has 0 aliphatic carbocycles. The first-order chi connectivity index (χ1) is 8.70. The van der Waals surface area contributed by atoms with Gasteiger partial charge < -0.3 is 9.47 Å². The molecule has 98 valence electrons. The Hall–Kier alpha value is -1.42. The van der Waals surface area contributed by atoms with E-state index in [1.807, 2.05) is 0 Å². The number of halogens is 1. The number of ether oxygens (including phenoxy) is 2. The summed E-state index contributed by atoms with van der Waals surface area (Å²) in [5, 5.41) is 0. The number of esters is 1. The minimum absolute atomic E-state index is 0.0287. The molecule has 1 saturated heterocycles. The smallest absolute Gasteiger partial charge is 0.309 e. The van der Waals surface area contributed by atoms with E-state index in [0.717, 1.165) is 31.4 Å². The van der Waals surface area contributed by atoms with Gasteiger partial charge in [0.2, 0.25) is 0 Å². The zero-order valence-electron chi connectivity index (χ0n) is 10.4. The first kappa shape index (κ1) is 13.0. The van der Waals surface area contributed by atoms with Crippen molar-refractivity contribution in [1.82, 2.24) is 0 Å². The third-order valence-corrected chi connectivity index (χ3v) is 3.19. The maximum Gasteiger partial charge on any atom is 0.309 e. The van der Waals surface area contributed by atoms with Crippen molar-refractivity contribution in [2.45, 2.75) is 31.8 Å². The Morgan fingerprint density at radius 2 is 2.33 bits per heavy atom. The van der Waals surface area contributed by atoms with Crippen LogP contribution in [0, 0.1) is 5.82 Å². The Morgan fingerprint density at radius 1 is 1.50 bits per heavy atom. The highest BCUT2D eigenvalue weighted by atomic mass is 19.1. The van der Waals surface area contributed by atoms with Crippen LogP contribution in [0.15, 0.2) is 18.2 Å². The van der Waals surface area contributed by atoms with E-state index in [0.29, 0.717) is 5.56 Å². The molecule has 0 aromatic heterocycles. The first-order valence-corrected chi connectivity index (χ1v) is 6.17. The van der Waals surface area contributed by atoms with Crippen LogP contribution in [-0.4, -0.2) is 19.7 Å². The fraction of sp³-hybridized carbons (Fsp3) is 0.500. The highest BCUT2D eigenvalue weighted by Gasteiger charge is 2.20. The molecule has 3 nitrogen and oxygen atoms in total. The summed E-state index contributed by atoms with van der Waals surface area (Å²) in [6.07, 6.45) is 3.13. The minimum atomic E-state index is -0.363. The number of benzene rings is 1. The highest BCUT2D eigenvalue weighted by Crippen LogP contribution is 2.30. The predicted molar refractivity (Wildman–Crippen MR) is 64.7 cm³/mol. The molecule has 4 heteroatoms. The average Bonchev–Trinajstić information content (AvgIpc) is 2.40. The van der Waals surface area contributed by atoms with Gasteiger partial charge in [0.25, 0.3) is 0 Å². The Bertz CT molecular complexity index is 425. The quantitative estimate of drug-likeness (QED) is 0.776. The predicted octanol–water partition coefficient (Wildman–Crippen LogP) is 2.78. The number of rotatable bonds is 3. The van der Waals surface area contributed by atoms with Crippen LogP contribution in [0.5, 0.6) is 0 Å². The fourth-order valence-corrected chi connectivity index (χ4v) is 2.26. The van der Waals surface area contributed by atoms with E-state index in [1.165, 1.54) is 19.2 Å². The average molecular weight is 252 g/mol. The summed E-state index contributed by atoms with van der Waals surface area (Å²) < 4.78 is 23.6. The van der Waals surface area contributed by atoms with Gasteiger partial charge in [0.05, 0.1) is 19.6 Å². The second-order valence-electron chi connectivity index (χ2n) is 4.45. The molecule has 1 heterocycles. The maximum absolute atomic E-state index is 13.3. The normalized spacial score (nSPS) is 19.6. The van der Waals surface area contributed by atoms with E-state index in [2.05, 4.69) is 4.74 Å². The number of hydrogen-bond acceptors (Lipinski definition) is 3. The molecular weight excluding hydrogens is 235 g/mol. The van der Waals surface area contributed by atoms with Crippen LogP contribution in [0.2, 0.25) is 0 Å². The van der Waals surface area contributed by atoms with Crippen molar-refractivity contribution in [3.63, 3.8) is 0 Å². The van der Waals surface area contributed by atoms with Crippen LogP contribution < -0.4 is 0 Å². The van der Waals surface area contributed by atoms with Gasteiger partial charge in [-0.1, -0.05) is 6.07 Å². The third-order valence-electron chi connectivity index (χ3n) is 3.19. The second-order valence-corrected chi connectivity index (χ2v) is 4.45. The van der Waals surface area contributed by atoms with Crippen molar-refractivity contribution in [2.24, 2.45) is 0 Å². The van der Waals surface area contributed by atoms with E-state index < -0.39 is 0 Å². The largest absolute Gasteiger partial charge is 0.469 e. The van der Waals surface area contributed by atoms with Gasteiger partial charge in [-0.2, -0.15) is 0 Å². The van der Waals surface area contributed by atoms with Gasteiger partial charge in [0.15, 0.2) is 0 Å². The molecule has 0 saturated carbocycles. The van der Waals surface area contributed by atoms with Crippen molar-refractivity contribution in [3.05, 3.63) is 35.1 Å². The standard InChI is InChI=1S/C14H17FO3/c1-17-14(16)9-10-8-11(15)5-6-12(10)13-4-2-3-7-18-13/h5-6,8,13H,2-4,7,9H2,1H3. The zero-order chi connectivity index (χ0) is 13.0. The molecule has 1 aromatic carbocycles. The molecule has 0 N–H and O–H groups in total. The van der Waals surface area contributed by atoms with Crippen molar-refractivity contribution < 1.29 is 18.7 Å². The Labute approximate surface area is 106 Å². The van der Waals surface area contributed by atoms with E-state index in [9.17, 15) is 9.18 Å². The van der Waals surface area contributed by atoms with Crippen LogP contribution >= 0.6 is 0 Å². The van der Waals surface area contributed by atoms with Gasteiger partial charge in [0.1, 0.15) is 5.82 Å². The SMILES string of the molecule is COC(=O)Cc1cc(F)ccc1C1CCCCO1. The highest BCUT2D eigenvalue weighted by molar-refractivity contribution is 5.73. The fourth-order valence-electron chi connectivity index (χ4n) is 2.26. The summed E-state index contributed by atoms with van der Waals surface area (Å²) in [7, 11) is 1.33. The molecule has 1 aliphatic heterocycles. The Kier molecular flexibility index (Phi) is 4.31. The Balaban J connectivity index is 2.24. The lowest BCUT2D eigenvalue weighted by atomic mass is 9.95. The van der Waals surface area contributed by atoms with Gasteiger partial charge in [-0.3, -0.25) is 4.79 Å². The zero-order valence-corrected chi connectivity index (χ0v) is 10.4. The topological polar surface area (TPSA) is 35.5 Å². The maximum atomic E-state index is 13.3. The molecule has 18 heavy (non-hydrogen) atoms. The van der Waals surface area contributed by atoms with Crippen molar-refractivity contribution >= 4 is 5.97 Å². The van der Waals surface area contributed by atoms with Gasteiger partial charge in [-0.25, -0.2) is 4.39 Å². The molecule has 0 bridgehead atoms.